The molecule has 10 heteroatoms. The van der Waals surface area contributed by atoms with Gasteiger partial charge in [0.25, 0.3) is 10.0 Å². The summed E-state index contributed by atoms with van der Waals surface area (Å²) in [5.41, 5.74) is 0.101. The molecule has 7 nitrogen and oxygen atoms in total. The lowest BCUT2D eigenvalue weighted by Crippen LogP contribution is -2.11. The fourth-order valence-corrected chi connectivity index (χ4v) is 4.29. The minimum absolute atomic E-state index is 0.126. The summed E-state index contributed by atoms with van der Waals surface area (Å²) >= 11 is 4.04. The Bertz CT molecular complexity index is 789. The number of nitrogens with one attached hydrogen (secondary N) is 2. The second-order valence-corrected chi connectivity index (χ2v) is 7.78. The molecule has 1 aromatic heterocycles. The van der Waals surface area contributed by atoms with Gasteiger partial charge in [0.2, 0.25) is 0 Å². The summed E-state index contributed by atoms with van der Waals surface area (Å²) in [5, 5.41) is 13.7. The van der Waals surface area contributed by atoms with Gasteiger partial charge in [0.1, 0.15) is 4.21 Å². The molecule has 2 aromatic rings. The lowest BCUT2D eigenvalue weighted by molar-refractivity contribution is -0.383. The van der Waals surface area contributed by atoms with Crippen LogP contribution in [0.5, 0.6) is 0 Å². The van der Waals surface area contributed by atoms with E-state index in [1.807, 2.05) is 0 Å². The van der Waals surface area contributed by atoms with Crippen molar-refractivity contribution < 1.29 is 13.3 Å². The second-order valence-electron chi connectivity index (χ2n) is 3.90. The molecule has 0 unspecified atom stereocenters. The monoisotopic (exact) mass is 391 g/mol. The molecule has 2 N–H and O–H groups in total. The highest BCUT2D eigenvalue weighted by Crippen LogP contribution is 2.37. The lowest BCUT2D eigenvalue weighted by atomic mass is 10.3. The van der Waals surface area contributed by atoms with Gasteiger partial charge < -0.3 is 5.32 Å². The number of anilines is 2. The van der Waals surface area contributed by atoms with Gasteiger partial charge >= 0.3 is 5.69 Å². The first-order valence-electron chi connectivity index (χ1n) is 5.58. The van der Waals surface area contributed by atoms with Gasteiger partial charge in [-0.2, -0.15) is 0 Å². The topological polar surface area (TPSA) is 101 Å². The fourth-order valence-electron chi connectivity index (χ4n) is 1.56. The molecule has 0 aliphatic heterocycles. The smallest absolute Gasteiger partial charge is 0.304 e. The maximum absolute atomic E-state index is 12.3. The van der Waals surface area contributed by atoms with E-state index in [1.54, 1.807) is 24.3 Å². The number of hydrogen-bond donors (Lipinski definition) is 2. The molecule has 21 heavy (non-hydrogen) atoms. The minimum Gasteiger partial charge on any atom is -0.374 e. The van der Waals surface area contributed by atoms with Crippen LogP contribution in [0.3, 0.4) is 0 Å². The zero-order chi connectivity index (χ0) is 15.6. The van der Waals surface area contributed by atoms with Crippen LogP contribution >= 0.6 is 27.3 Å². The van der Waals surface area contributed by atoms with Crippen LogP contribution in [0.1, 0.15) is 0 Å². The number of rotatable bonds is 5. The molecule has 1 heterocycles. The van der Waals surface area contributed by atoms with Gasteiger partial charge in [0, 0.05) is 23.3 Å². The molecule has 0 saturated heterocycles. The highest BCUT2D eigenvalue weighted by Gasteiger charge is 2.25. The predicted molar refractivity (Wildman–Crippen MR) is 85.5 cm³/mol. The Labute approximate surface area is 133 Å². The Balaban J connectivity index is 2.38. The zero-order valence-corrected chi connectivity index (χ0v) is 13.9. The molecule has 2 rings (SSSR count). The van der Waals surface area contributed by atoms with Gasteiger partial charge in [-0.1, -0.05) is 33.3 Å². The molecule has 0 bridgehead atoms. The maximum atomic E-state index is 12.3. The Morgan fingerprint density at radius 1 is 1.33 bits per heavy atom. The molecule has 0 amide bonds. The van der Waals surface area contributed by atoms with Gasteiger partial charge in [0.15, 0.2) is 5.00 Å². The van der Waals surface area contributed by atoms with Gasteiger partial charge in [-0.3, -0.25) is 14.8 Å². The average Bonchev–Trinajstić information content (AvgIpc) is 2.83. The highest BCUT2D eigenvalue weighted by molar-refractivity contribution is 9.10. The largest absolute Gasteiger partial charge is 0.374 e. The quantitative estimate of drug-likeness (QED) is 0.601. The van der Waals surface area contributed by atoms with E-state index in [9.17, 15) is 18.5 Å². The van der Waals surface area contributed by atoms with Crippen LogP contribution in [0, 0.1) is 10.1 Å². The van der Waals surface area contributed by atoms with Crippen LogP contribution in [0.25, 0.3) is 0 Å². The summed E-state index contributed by atoms with van der Waals surface area (Å²) in [6.07, 6.45) is 0. The third-order valence-electron chi connectivity index (χ3n) is 2.46. The van der Waals surface area contributed by atoms with Crippen LogP contribution in [-0.4, -0.2) is 20.4 Å². The molecular weight excluding hydrogens is 382 g/mol. The van der Waals surface area contributed by atoms with E-state index in [1.165, 1.54) is 7.05 Å². The Morgan fingerprint density at radius 3 is 2.57 bits per heavy atom. The van der Waals surface area contributed by atoms with Crippen molar-refractivity contribution in [1.82, 2.24) is 0 Å². The van der Waals surface area contributed by atoms with Crippen molar-refractivity contribution in [3.05, 3.63) is 44.9 Å². The van der Waals surface area contributed by atoms with Crippen LogP contribution in [0.15, 0.2) is 39.0 Å². The summed E-state index contributed by atoms with van der Waals surface area (Å²) in [5.74, 6) is 0. The SMILES string of the molecule is CNc1sc(S(=O)(=O)Nc2cccc(Br)c2)cc1[N+](=O)[O-]. The highest BCUT2D eigenvalue weighted by atomic mass is 79.9. The minimum atomic E-state index is -3.87. The lowest BCUT2D eigenvalue weighted by Gasteiger charge is -2.05. The number of thiophene rings is 1. The predicted octanol–water partition coefficient (Wildman–Crippen LogP) is 3.26. The molecule has 0 aliphatic carbocycles. The molecule has 0 fully saturated rings. The molecular formula is C11H10BrN3O4S2. The van der Waals surface area contributed by atoms with Crippen molar-refractivity contribution >= 4 is 53.7 Å². The molecule has 0 saturated carbocycles. The molecule has 0 radical (unpaired) electrons. The Hall–Kier alpha value is -1.65. The second kappa shape index (κ2) is 6.00. The van der Waals surface area contributed by atoms with E-state index in [-0.39, 0.29) is 14.9 Å². The molecule has 0 aliphatic rings. The molecule has 0 atom stereocenters. The van der Waals surface area contributed by atoms with Crippen molar-refractivity contribution in [3.8, 4) is 0 Å². The van der Waals surface area contributed by atoms with Crippen molar-refractivity contribution in [3.63, 3.8) is 0 Å². The number of hydrogen-bond acceptors (Lipinski definition) is 6. The van der Waals surface area contributed by atoms with E-state index < -0.39 is 14.9 Å². The summed E-state index contributed by atoms with van der Waals surface area (Å²) in [4.78, 5) is 10.3. The standard InChI is InChI=1S/C11H10BrN3O4S2/c1-13-11-9(15(16)17)6-10(20-11)21(18,19)14-8-4-2-3-7(12)5-8/h2-6,13-14H,1H3. The fraction of sp³-hybridized carbons (Fsp3) is 0.0909. The van der Waals surface area contributed by atoms with Crippen molar-refractivity contribution in [1.29, 1.82) is 0 Å². The van der Waals surface area contributed by atoms with Crippen molar-refractivity contribution in [2.24, 2.45) is 0 Å². The summed E-state index contributed by atoms with van der Waals surface area (Å²) in [6, 6.07) is 7.66. The first-order valence-corrected chi connectivity index (χ1v) is 8.67. The van der Waals surface area contributed by atoms with Gasteiger partial charge in [0.05, 0.1) is 4.92 Å². The third-order valence-corrected chi connectivity index (χ3v) is 5.95. The van der Waals surface area contributed by atoms with Crippen LogP contribution in [0.4, 0.5) is 16.4 Å². The summed E-state index contributed by atoms with van der Waals surface area (Å²) in [7, 11) is -2.38. The van der Waals surface area contributed by atoms with Crippen LogP contribution < -0.4 is 10.0 Å². The molecule has 1 aromatic carbocycles. The first-order chi connectivity index (χ1) is 9.83. The van der Waals surface area contributed by atoms with E-state index >= 15 is 0 Å². The van der Waals surface area contributed by atoms with Crippen LogP contribution in [-0.2, 0) is 10.0 Å². The van der Waals surface area contributed by atoms with E-state index in [0.29, 0.717) is 5.69 Å². The third kappa shape index (κ3) is 3.52. The molecule has 0 spiro atoms. The average molecular weight is 392 g/mol. The van der Waals surface area contributed by atoms with Crippen molar-refractivity contribution in [2.75, 3.05) is 17.1 Å². The van der Waals surface area contributed by atoms with E-state index in [2.05, 4.69) is 26.0 Å². The summed E-state index contributed by atoms with van der Waals surface area (Å²) in [6.45, 7) is 0. The summed E-state index contributed by atoms with van der Waals surface area (Å²) < 4.78 is 27.5. The Morgan fingerprint density at radius 2 is 2.05 bits per heavy atom. The van der Waals surface area contributed by atoms with E-state index in [0.717, 1.165) is 21.9 Å². The normalized spacial score (nSPS) is 11.1. The molecule has 112 valence electrons. The Kier molecular flexibility index (Phi) is 4.49. The number of nitro groups is 1. The maximum Gasteiger partial charge on any atom is 0.304 e. The van der Waals surface area contributed by atoms with Gasteiger partial charge in [-0.05, 0) is 18.2 Å². The van der Waals surface area contributed by atoms with Crippen molar-refractivity contribution in [2.45, 2.75) is 4.21 Å². The number of halogens is 1. The number of nitrogens with zero attached hydrogens (tertiary/aromatic N) is 1. The van der Waals surface area contributed by atoms with Crippen LogP contribution in [0.2, 0.25) is 0 Å². The first kappa shape index (κ1) is 15.7. The number of sulfonamides is 1. The zero-order valence-electron chi connectivity index (χ0n) is 10.7. The van der Waals surface area contributed by atoms with Gasteiger partial charge in [-0.25, -0.2) is 8.42 Å². The van der Waals surface area contributed by atoms with E-state index in [4.69, 9.17) is 0 Å². The van der Waals surface area contributed by atoms with Gasteiger partial charge in [-0.15, -0.1) is 0 Å². The number of benzene rings is 1.